The van der Waals surface area contributed by atoms with Gasteiger partial charge in [-0.2, -0.15) is 0 Å². The molecule has 1 aromatic heterocycles. The molecule has 0 saturated heterocycles. The first-order valence-electron chi connectivity index (χ1n) is 7.09. The monoisotopic (exact) mass is 330 g/mol. The van der Waals surface area contributed by atoms with Gasteiger partial charge in [0.15, 0.2) is 0 Å². The van der Waals surface area contributed by atoms with Gasteiger partial charge in [-0.3, -0.25) is 4.98 Å². The number of nitrogens with one attached hydrogen (secondary N) is 1. The predicted octanol–water partition coefficient (Wildman–Crippen LogP) is 5.77. The number of pyridine rings is 1. The molecule has 0 spiro atoms. The molecule has 2 nitrogen and oxygen atoms in total. The van der Waals surface area contributed by atoms with Gasteiger partial charge in [0.25, 0.3) is 0 Å². The Morgan fingerprint density at radius 1 is 1.00 bits per heavy atom. The molecule has 3 rings (SSSR count). The van der Waals surface area contributed by atoms with E-state index in [1.165, 1.54) is 5.56 Å². The van der Waals surface area contributed by atoms with Crippen LogP contribution < -0.4 is 5.32 Å². The molecule has 3 aromatic rings. The van der Waals surface area contributed by atoms with Crippen LogP contribution >= 0.6 is 23.2 Å². The lowest BCUT2D eigenvalue weighted by Gasteiger charge is -2.12. The van der Waals surface area contributed by atoms with Crippen LogP contribution in [0.4, 0.5) is 5.69 Å². The van der Waals surface area contributed by atoms with Crippen LogP contribution in [0.15, 0.2) is 42.5 Å². The Morgan fingerprint density at radius 2 is 1.82 bits per heavy atom. The van der Waals surface area contributed by atoms with Crippen molar-refractivity contribution in [3.63, 3.8) is 0 Å². The van der Waals surface area contributed by atoms with Crippen molar-refractivity contribution in [1.29, 1.82) is 0 Å². The smallest absolute Gasteiger partial charge is 0.0755 e. The fraction of sp³-hybridized carbons (Fsp3) is 0.167. The Hall–Kier alpha value is -1.77. The number of aromatic nitrogens is 1. The van der Waals surface area contributed by atoms with E-state index in [1.54, 1.807) is 0 Å². The van der Waals surface area contributed by atoms with Gasteiger partial charge in [0.1, 0.15) is 0 Å². The highest BCUT2D eigenvalue weighted by atomic mass is 35.5. The minimum absolute atomic E-state index is 0.575. The third kappa shape index (κ3) is 3.03. The largest absolute Gasteiger partial charge is 0.380 e. The average molecular weight is 331 g/mol. The third-order valence-electron chi connectivity index (χ3n) is 3.64. The molecule has 2 aromatic carbocycles. The van der Waals surface area contributed by atoms with Gasteiger partial charge in [0.2, 0.25) is 0 Å². The lowest BCUT2D eigenvalue weighted by molar-refractivity contribution is 1.14. The molecule has 0 unspecified atom stereocenters. The first-order valence-corrected chi connectivity index (χ1v) is 7.85. The maximum Gasteiger partial charge on any atom is 0.0755 e. The number of benzene rings is 2. The molecule has 0 aliphatic carbocycles. The first kappa shape index (κ1) is 15.1. The molecule has 1 N–H and O–H groups in total. The number of hydrogen-bond acceptors (Lipinski definition) is 2. The minimum atomic E-state index is 0.575. The van der Waals surface area contributed by atoms with Crippen LogP contribution in [0.25, 0.3) is 10.9 Å². The summed E-state index contributed by atoms with van der Waals surface area (Å²) in [6.07, 6.45) is 0. The normalized spacial score (nSPS) is 10.9. The van der Waals surface area contributed by atoms with Crippen LogP contribution in [0.3, 0.4) is 0 Å². The molecule has 0 aliphatic heterocycles. The molecule has 0 radical (unpaired) electrons. The van der Waals surface area contributed by atoms with Crippen molar-refractivity contribution in [2.45, 2.75) is 20.4 Å². The fourth-order valence-corrected chi connectivity index (χ4v) is 2.83. The number of anilines is 1. The number of aryl methyl sites for hydroxylation is 2. The number of para-hydroxylation sites is 1. The highest BCUT2D eigenvalue weighted by Crippen LogP contribution is 2.27. The quantitative estimate of drug-likeness (QED) is 0.659. The molecule has 0 atom stereocenters. The molecule has 4 heteroatoms. The lowest BCUT2D eigenvalue weighted by Crippen LogP contribution is -2.02. The van der Waals surface area contributed by atoms with Crippen molar-refractivity contribution in [3.05, 3.63) is 69.3 Å². The summed E-state index contributed by atoms with van der Waals surface area (Å²) in [6, 6.07) is 14.0. The summed E-state index contributed by atoms with van der Waals surface area (Å²) in [6.45, 7) is 4.77. The van der Waals surface area contributed by atoms with Crippen LogP contribution in [-0.4, -0.2) is 4.98 Å². The summed E-state index contributed by atoms with van der Waals surface area (Å²) in [4.78, 5) is 4.64. The van der Waals surface area contributed by atoms with Gasteiger partial charge in [-0.05, 0) is 43.2 Å². The molecule has 0 aliphatic rings. The molecule has 112 valence electrons. The van der Waals surface area contributed by atoms with Gasteiger partial charge in [-0.15, -0.1) is 0 Å². The van der Waals surface area contributed by atoms with Crippen LogP contribution in [0.2, 0.25) is 10.0 Å². The number of fused-ring (bicyclic) bond motifs is 1. The number of halogens is 2. The molecule has 0 amide bonds. The van der Waals surface area contributed by atoms with E-state index in [9.17, 15) is 0 Å². The maximum atomic E-state index is 6.07. The second kappa shape index (κ2) is 6.15. The zero-order chi connectivity index (χ0) is 15.7. The molecule has 0 bridgehead atoms. The molecular formula is C18H16Cl2N2. The zero-order valence-corrected chi connectivity index (χ0v) is 14.0. The van der Waals surface area contributed by atoms with Crippen molar-refractivity contribution in [2.24, 2.45) is 0 Å². The van der Waals surface area contributed by atoms with E-state index in [0.717, 1.165) is 27.8 Å². The minimum Gasteiger partial charge on any atom is -0.380 e. The van der Waals surface area contributed by atoms with E-state index in [-0.39, 0.29) is 0 Å². The van der Waals surface area contributed by atoms with Gasteiger partial charge in [-0.25, -0.2) is 0 Å². The SMILES string of the molecule is Cc1cc(NCc2ccc(Cl)c(Cl)c2)c2cccc(C)c2n1. The Balaban J connectivity index is 1.93. The molecule has 22 heavy (non-hydrogen) atoms. The first-order chi connectivity index (χ1) is 10.5. The molecular weight excluding hydrogens is 315 g/mol. The second-order valence-corrected chi connectivity index (χ2v) is 6.20. The summed E-state index contributed by atoms with van der Waals surface area (Å²) in [5, 5.41) is 5.76. The molecule has 0 saturated carbocycles. The van der Waals surface area contributed by atoms with E-state index in [2.05, 4.69) is 41.5 Å². The van der Waals surface area contributed by atoms with Gasteiger partial charge < -0.3 is 5.32 Å². The van der Waals surface area contributed by atoms with E-state index in [0.29, 0.717) is 16.6 Å². The summed E-state index contributed by atoms with van der Waals surface area (Å²) in [5.74, 6) is 0. The van der Waals surface area contributed by atoms with Crippen molar-refractivity contribution < 1.29 is 0 Å². The topological polar surface area (TPSA) is 24.9 Å². The van der Waals surface area contributed by atoms with Gasteiger partial charge in [0.05, 0.1) is 15.6 Å². The van der Waals surface area contributed by atoms with E-state index in [4.69, 9.17) is 23.2 Å². The van der Waals surface area contributed by atoms with E-state index in [1.807, 2.05) is 25.1 Å². The Morgan fingerprint density at radius 3 is 2.59 bits per heavy atom. The fourth-order valence-electron chi connectivity index (χ4n) is 2.51. The van der Waals surface area contributed by atoms with Gasteiger partial charge in [0, 0.05) is 23.3 Å². The van der Waals surface area contributed by atoms with Gasteiger partial charge >= 0.3 is 0 Å². The van der Waals surface area contributed by atoms with E-state index >= 15 is 0 Å². The highest BCUT2D eigenvalue weighted by molar-refractivity contribution is 6.42. The van der Waals surface area contributed by atoms with Crippen LogP contribution in [0.1, 0.15) is 16.8 Å². The summed E-state index contributed by atoms with van der Waals surface area (Å²) < 4.78 is 0. The number of nitrogens with zero attached hydrogens (tertiary/aromatic N) is 1. The maximum absolute atomic E-state index is 6.07. The van der Waals surface area contributed by atoms with Crippen molar-refractivity contribution in [2.75, 3.05) is 5.32 Å². The van der Waals surface area contributed by atoms with Gasteiger partial charge in [-0.1, -0.05) is 47.5 Å². The Kier molecular flexibility index (Phi) is 4.23. The lowest BCUT2D eigenvalue weighted by atomic mass is 10.1. The second-order valence-electron chi connectivity index (χ2n) is 5.38. The van der Waals surface area contributed by atoms with Crippen LogP contribution in [0.5, 0.6) is 0 Å². The zero-order valence-electron chi connectivity index (χ0n) is 12.5. The van der Waals surface area contributed by atoms with Crippen molar-refractivity contribution in [1.82, 2.24) is 4.98 Å². The summed E-state index contributed by atoms with van der Waals surface area (Å²) in [5.41, 5.74) is 5.39. The van der Waals surface area contributed by atoms with Crippen LogP contribution in [-0.2, 0) is 6.54 Å². The predicted molar refractivity (Wildman–Crippen MR) is 95.0 cm³/mol. The Bertz CT molecular complexity index is 844. The standard InChI is InChI=1S/C18H16Cl2N2/c1-11-4-3-5-14-17(8-12(2)22-18(11)14)21-10-13-6-7-15(19)16(20)9-13/h3-9H,10H2,1-2H3,(H,21,22). The Labute approximate surface area is 140 Å². The third-order valence-corrected chi connectivity index (χ3v) is 4.38. The summed E-state index contributed by atoms with van der Waals surface area (Å²) >= 11 is 12.0. The average Bonchev–Trinajstić information content (AvgIpc) is 2.49. The van der Waals surface area contributed by atoms with Crippen LogP contribution in [0, 0.1) is 13.8 Å². The highest BCUT2D eigenvalue weighted by Gasteiger charge is 2.06. The number of hydrogen-bond donors (Lipinski definition) is 1. The van der Waals surface area contributed by atoms with Crippen molar-refractivity contribution >= 4 is 39.8 Å². The van der Waals surface area contributed by atoms with Crippen molar-refractivity contribution in [3.8, 4) is 0 Å². The summed E-state index contributed by atoms with van der Waals surface area (Å²) in [7, 11) is 0. The van der Waals surface area contributed by atoms with E-state index < -0.39 is 0 Å². The molecule has 1 heterocycles. The molecule has 0 fully saturated rings. The number of rotatable bonds is 3.